The fourth-order valence-corrected chi connectivity index (χ4v) is 5.53. The Balaban J connectivity index is 1.89. The Labute approximate surface area is 188 Å². The molecule has 1 fully saturated rings. The highest BCUT2D eigenvalue weighted by atomic mass is 79.9. The molecule has 1 radical (unpaired) electrons. The Morgan fingerprint density at radius 2 is 1.87 bits per heavy atom. The number of pyridine rings is 1. The Morgan fingerprint density at radius 3 is 2.50 bits per heavy atom. The molecule has 0 bridgehead atoms. The van der Waals surface area contributed by atoms with Gasteiger partial charge in [0.2, 0.25) is 9.04 Å². The van der Waals surface area contributed by atoms with Gasteiger partial charge in [-0.15, -0.1) is 0 Å². The summed E-state index contributed by atoms with van der Waals surface area (Å²) in [5.41, 5.74) is 3.17. The lowest BCUT2D eigenvalue weighted by atomic mass is 9.84. The van der Waals surface area contributed by atoms with E-state index in [1.807, 2.05) is 30.5 Å². The Hall–Kier alpha value is -1.69. The van der Waals surface area contributed by atoms with E-state index in [-0.39, 0.29) is 17.1 Å². The predicted molar refractivity (Wildman–Crippen MR) is 130 cm³/mol. The van der Waals surface area contributed by atoms with E-state index in [9.17, 15) is 4.79 Å². The van der Waals surface area contributed by atoms with Crippen molar-refractivity contribution in [2.45, 2.75) is 58.7 Å². The molecule has 1 unspecified atom stereocenters. The number of fused-ring (bicyclic) bond motifs is 1. The fourth-order valence-electron chi connectivity index (χ4n) is 4.03. The summed E-state index contributed by atoms with van der Waals surface area (Å²) in [6.45, 7) is 10.9. The van der Waals surface area contributed by atoms with Gasteiger partial charge in [0.25, 0.3) is 5.56 Å². The van der Waals surface area contributed by atoms with E-state index in [0.29, 0.717) is 5.92 Å². The van der Waals surface area contributed by atoms with Crippen LogP contribution >= 0.6 is 15.9 Å². The summed E-state index contributed by atoms with van der Waals surface area (Å²) in [4.78, 5) is 13.5. The molecule has 1 aliphatic carbocycles. The van der Waals surface area contributed by atoms with Gasteiger partial charge >= 0.3 is 0 Å². The monoisotopic (exact) mass is 482 g/mol. The molecule has 1 aromatic heterocycles. The van der Waals surface area contributed by atoms with Crippen LogP contribution in [-0.4, -0.2) is 13.6 Å². The lowest BCUT2D eigenvalue weighted by Crippen LogP contribution is -2.29. The molecule has 3 nitrogen and oxygen atoms in total. The first-order valence-corrected chi connectivity index (χ1v) is 13.8. The van der Waals surface area contributed by atoms with E-state index in [1.165, 1.54) is 18.4 Å². The molecule has 2 aromatic carbocycles. The minimum Gasteiger partial charge on any atom is -0.410 e. The first-order chi connectivity index (χ1) is 14.2. The second kappa shape index (κ2) is 8.10. The van der Waals surface area contributed by atoms with E-state index in [0.717, 1.165) is 26.5 Å². The first kappa shape index (κ1) is 21.5. The molecule has 30 heavy (non-hydrogen) atoms. The summed E-state index contributed by atoms with van der Waals surface area (Å²) in [5.74, 6) is 0.678. The number of aromatic nitrogens is 1. The summed E-state index contributed by atoms with van der Waals surface area (Å²) < 4.78 is 9.23. The normalized spacial score (nSPS) is 15.7. The second-order valence-electron chi connectivity index (χ2n) is 9.56. The van der Waals surface area contributed by atoms with Gasteiger partial charge in [0.05, 0.1) is 11.8 Å². The minimum absolute atomic E-state index is 0.0142. The van der Waals surface area contributed by atoms with Gasteiger partial charge in [-0.05, 0) is 72.5 Å². The van der Waals surface area contributed by atoms with Crippen LogP contribution in [0.3, 0.4) is 0 Å². The number of rotatable bonds is 5. The van der Waals surface area contributed by atoms with Crippen LogP contribution in [0.15, 0.2) is 57.9 Å². The zero-order valence-electron chi connectivity index (χ0n) is 18.3. The van der Waals surface area contributed by atoms with Crippen LogP contribution in [-0.2, 0) is 4.43 Å². The zero-order chi connectivity index (χ0) is 21.6. The van der Waals surface area contributed by atoms with Crippen LogP contribution in [0.25, 0.3) is 16.5 Å². The Bertz CT molecular complexity index is 1140. The molecule has 1 heterocycles. The van der Waals surface area contributed by atoms with E-state index in [4.69, 9.17) is 4.43 Å². The average molecular weight is 484 g/mol. The molecule has 3 aromatic rings. The summed E-state index contributed by atoms with van der Waals surface area (Å²) in [5, 5.41) is 1.78. The highest BCUT2D eigenvalue weighted by Gasteiger charge is 2.32. The standard InChI is InChI=1S/C25H29BrNO2Si/c1-25(2,3)23(29-30(4)5)22-20(26)7-6-8-21(22)27-14-13-18-15-17(16-9-10-16)11-12-19(18)24(27)28/h6-8,11-16,23H,9-10H2,1-5H3. The Kier molecular flexibility index (Phi) is 5.81. The molecule has 1 aliphatic rings. The third-order valence-corrected chi connectivity index (χ3v) is 7.07. The molecule has 0 N–H and O–H groups in total. The van der Waals surface area contributed by atoms with Crippen LogP contribution < -0.4 is 5.56 Å². The fraction of sp³-hybridized carbons (Fsp3) is 0.400. The molecule has 4 rings (SSSR count). The number of nitrogens with zero attached hydrogens (tertiary/aromatic N) is 1. The van der Waals surface area contributed by atoms with Gasteiger partial charge in [-0.2, -0.15) is 0 Å². The highest BCUT2D eigenvalue weighted by molar-refractivity contribution is 9.10. The van der Waals surface area contributed by atoms with E-state index in [1.54, 1.807) is 4.57 Å². The molecule has 0 spiro atoms. The first-order valence-electron chi connectivity index (χ1n) is 10.6. The maximum Gasteiger partial charge on any atom is 0.262 e. The van der Waals surface area contributed by atoms with Crippen molar-refractivity contribution >= 4 is 35.7 Å². The van der Waals surface area contributed by atoms with Crippen molar-refractivity contribution in [1.82, 2.24) is 4.57 Å². The van der Waals surface area contributed by atoms with Crippen molar-refractivity contribution in [2.24, 2.45) is 5.41 Å². The molecular formula is C25H29BrNO2Si. The van der Waals surface area contributed by atoms with Gasteiger partial charge in [-0.25, -0.2) is 0 Å². The van der Waals surface area contributed by atoms with Crippen LogP contribution in [0.2, 0.25) is 13.1 Å². The number of hydrogen-bond donors (Lipinski definition) is 0. The predicted octanol–water partition coefficient (Wildman–Crippen LogP) is 6.99. The molecule has 0 aliphatic heterocycles. The smallest absolute Gasteiger partial charge is 0.262 e. The zero-order valence-corrected chi connectivity index (χ0v) is 20.9. The Morgan fingerprint density at radius 1 is 1.13 bits per heavy atom. The summed E-state index contributed by atoms with van der Waals surface area (Å²) in [6, 6.07) is 14.4. The largest absolute Gasteiger partial charge is 0.410 e. The van der Waals surface area contributed by atoms with Gasteiger partial charge in [-0.1, -0.05) is 54.9 Å². The molecule has 1 atom stereocenters. The quantitative estimate of drug-likeness (QED) is 0.367. The lowest BCUT2D eigenvalue weighted by Gasteiger charge is -2.35. The van der Waals surface area contributed by atoms with Gasteiger partial charge < -0.3 is 4.43 Å². The third-order valence-electron chi connectivity index (χ3n) is 5.67. The summed E-state index contributed by atoms with van der Waals surface area (Å²) in [7, 11) is -0.937. The van der Waals surface area contributed by atoms with E-state index in [2.05, 4.69) is 68.0 Å². The molecule has 0 saturated heterocycles. The van der Waals surface area contributed by atoms with Gasteiger partial charge in [0.1, 0.15) is 0 Å². The van der Waals surface area contributed by atoms with E-state index >= 15 is 0 Å². The molecule has 157 valence electrons. The summed E-state index contributed by atoms with van der Waals surface area (Å²) in [6.07, 6.45) is 4.31. The van der Waals surface area contributed by atoms with Gasteiger partial charge in [0, 0.05) is 21.6 Å². The highest BCUT2D eigenvalue weighted by Crippen LogP contribution is 2.43. The van der Waals surface area contributed by atoms with Crippen LogP contribution in [0.1, 0.15) is 56.8 Å². The van der Waals surface area contributed by atoms with Crippen LogP contribution in [0.5, 0.6) is 0 Å². The molecular weight excluding hydrogens is 454 g/mol. The molecule has 0 amide bonds. The lowest BCUT2D eigenvalue weighted by molar-refractivity contribution is 0.0859. The third kappa shape index (κ3) is 4.20. The summed E-state index contributed by atoms with van der Waals surface area (Å²) >= 11 is 3.75. The topological polar surface area (TPSA) is 31.2 Å². The number of halogens is 1. The molecule has 5 heteroatoms. The average Bonchev–Trinajstić information content (AvgIpc) is 3.51. The van der Waals surface area contributed by atoms with Crippen molar-refractivity contribution in [1.29, 1.82) is 0 Å². The molecule has 1 saturated carbocycles. The van der Waals surface area contributed by atoms with E-state index < -0.39 is 9.04 Å². The van der Waals surface area contributed by atoms with Gasteiger partial charge in [0.15, 0.2) is 0 Å². The SMILES string of the molecule is C[Si](C)OC(c1c(Br)cccc1-n1ccc2cc(C3CC3)ccc2c1=O)C(C)(C)C. The van der Waals surface area contributed by atoms with Crippen molar-refractivity contribution in [3.63, 3.8) is 0 Å². The van der Waals surface area contributed by atoms with Crippen molar-refractivity contribution in [2.75, 3.05) is 0 Å². The minimum atomic E-state index is -0.937. The number of benzene rings is 2. The maximum absolute atomic E-state index is 13.5. The van der Waals surface area contributed by atoms with Crippen LogP contribution in [0, 0.1) is 5.41 Å². The van der Waals surface area contributed by atoms with Crippen molar-refractivity contribution < 1.29 is 4.43 Å². The maximum atomic E-state index is 13.5. The number of hydrogen-bond acceptors (Lipinski definition) is 2. The van der Waals surface area contributed by atoms with Crippen molar-refractivity contribution in [3.05, 3.63) is 74.6 Å². The van der Waals surface area contributed by atoms with Gasteiger partial charge in [-0.3, -0.25) is 9.36 Å². The van der Waals surface area contributed by atoms with Crippen molar-refractivity contribution in [3.8, 4) is 5.69 Å². The van der Waals surface area contributed by atoms with Crippen LogP contribution in [0.4, 0.5) is 0 Å². The second-order valence-corrected chi connectivity index (χ2v) is 12.5.